The summed E-state index contributed by atoms with van der Waals surface area (Å²) in [5.74, 6) is 0.241. The minimum absolute atomic E-state index is 0.0339. The van der Waals surface area contributed by atoms with Crippen LogP contribution >= 0.6 is 11.8 Å². The number of carbonyl (C=O) groups is 2. The van der Waals surface area contributed by atoms with E-state index in [9.17, 15) is 9.59 Å². The summed E-state index contributed by atoms with van der Waals surface area (Å²) in [6, 6.07) is 13.3. The molecular weight excluding hydrogens is 308 g/mol. The molecule has 0 aromatic heterocycles. The Hall–Kier alpha value is -2.27. The zero-order valence-corrected chi connectivity index (χ0v) is 13.9. The van der Waals surface area contributed by atoms with E-state index in [0.717, 1.165) is 16.0 Å². The van der Waals surface area contributed by atoms with Gasteiger partial charge in [0.25, 0.3) is 5.91 Å². The highest BCUT2D eigenvalue weighted by molar-refractivity contribution is 8.00. The lowest BCUT2D eigenvalue weighted by Crippen LogP contribution is -2.27. The molecule has 2 aromatic rings. The van der Waals surface area contributed by atoms with Gasteiger partial charge in [-0.2, -0.15) is 0 Å². The zero-order valence-electron chi connectivity index (χ0n) is 13.1. The van der Waals surface area contributed by atoms with Crippen LogP contribution in [0.15, 0.2) is 47.4 Å². The second-order valence-corrected chi connectivity index (χ2v) is 6.62. The maximum absolute atomic E-state index is 12.5. The number of benzene rings is 2. The first-order valence-electron chi connectivity index (χ1n) is 7.47. The van der Waals surface area contributed by atoms with E-state index in [1.165, 1.54) is 11.8 Å². The molecule has 3 rings (SSSR count). The lowest BCUT2D eigenvalue weighted by Gasteiger charge is -2.19. The molecule has 0 saturated carbocycles. The molecule has 5 heteroatoms. The minimum Gasteiger partial charge on any atom is -0.346 e. The summed E-state index contributed by atoms with van der Waals surface area (Å²) >= 11 is 1.49. The lowest BCUT2D eigenvalue weighted by molar-refractivity contribution is -0.113. The minimum atomic E-state index is -0.145. The van der Waals surface area contributed by atoms with Crippen molar-refractivity contribution in [2.24, 2.45) is 0 Å². The first-order chi connectivity index (χ1) is 11.0. The molecule has 2 amide bonds. The molecule has 118 valence electrons. The van der Waals surface area contributed by atoms with E-state index in [-0.39, 0.29) is 17.9 Å². The Morgan fingerprint density at radius 1 is 1.26 bits per heavy atom. The molecule has 0 fully saturated rings. The molecule has 2 N–H and O–H groups in total. The average Bonchev–Trinajstić information content (AvgIpc) is 2.54. The standard InChI is InChI=1S/C18H18N2O2S/c1-11-5-3-4-6-14(11)12(2)19-18(22)13-7-8-16-15(9-13)20-17(21)10-23-16/h3-9,12H,10H2,1-2H3,(H,19,22)(H,20,21)/t12-/m0/s1. The summed E-state index contributed by atoms with van der Waals surface area (Å²) in [5, 5.41) is 5.82. The van der Waals surface area contributed by atoms with Gasteiger partial charge in [0.15, 0.2) is 0 Å². The van der Waals surface area contributed by atoms with E-state index in [0.29, 0.717) is 17.0 Å². The number of rotatable bonds is 3. The van der Waals surface area contributed by atoms with Crippen molar-refractivity contribution in [2.45, 2.75) is 24.8 Å². The van der Waals surface area contributed by atoms with Crippen molar-refractivity contribution < 1.29 is 9.59 Å². The Balaban J connectivity index is 1.77. The summed E-state index contributed by atoms with van der Waals surface area (Å²) in [7, 11) is 0. The zero-order chi connectivity index (χ0) is 16.4. The van der Waals surface area contributed by atoms with Crippen LogP contribution in [0, 0.1) is 6.92 Å². The normalized spacial score (nSPS) is 14.6. The number of hydrogen-bond donors (Lipinski definition) is 2. The van der Waals surface area contributed by atoms with Crippen molar-refractivity contribution >= 4 is 29.3 Å². The molecule has 1 aliphatic heterocycles. The van der Waals surface area contributed by atoms with Gasteiger partial charge in [0.2, 0.25) is 5.91 Å². The Morgan fingerprint density at radius 3 is 2.83 bits per heavy atom. The Bertz CT molecular complexity index is 773. The molecular formula is C18H18N2O2S. The largest absolute Gasteiger partial charge is 0.346 e. The van der Waals surface area contributed by atoms with Gasteiger partial charge in [-0.05, 0) is 43.2 Å². The van der Waals surface area contributed by atoms with Gasteiger partial charge >= 0.3 is 0 Å². The molecule has 4 nitrogen and oxygen atoms in total. The smallest absolute Gasteiger partial charge is 0.251 e. The van der Waals surface area contributed by atoms with Gasteiger partial charge in [-0.1, -0.05) is 24.3 Å². The van der Waals surface area contributed by atoms with E-state index < -0.39 is 0 Å². The van der Waals surface area contributed by atoms with Gasteiger partial charge in [-0.3, -0.25) is 9.59 Å². The molecule has 0 unspecified atom stereocenters. The maximum atomic E-state index is 12.5. The van der Waals surface area contributed by atoms with E-state index >= 15 is 0 Å². The second-order valence-electron chi connectivity index (χ2n) is 5.60. The topological polar surface area (TPSA) is 58.2 Å². The third kappa shape index (κ3) is 3.40. The number of amides is 2. The third-order valence-corrected chi connectivity index (χ3v) is 4.95. The number of thioether (sulfide) groups is 1. The van der Waals surface area contributed by atoms with E-state index in [1.54, 1.807) is 12.1 Å². The quantitative estimate of drug-likeness (QED) is 0.907. The van der Waals surface area contributed by atoms with Crippen LogP contribution in [0.1, 0.15) is 34.5 Å². The fourth-order valence-electron chi connectivity index (χ4n) is 2.65. The number of hydrogen-bond acceptors (Lipinski definition) is 3. The van der Waals surface area contributed by atoms with Gasteiger partial charge in [-0.15, -0.1) is 11.8 Å². The van der Waals surface area contributed by atoms with Crippen molar-refractivity contribution in [1.29, 1.82) is 0 Å². The first kappa shape index (κ1) is 15.6. The van der Waals surface area contributed by atoms with Gasteiger partial charge in [0, 0.05) is 10.5 Å². The van der Waals surface area contributed by atoms with Crippen LogP contribution in [-0.4, -0.2) is 17.6 Å². The molecule has 1 atom stereocenters. The number of aryl methyl sites for hydroxylation is 1. The molecule has 0 aliphatic carbocycles. The van der Waals surface area contributed by atoms with Gasteiger partial charge in [-0.25, -0.2) is 0 Å². The van der Waals surface area contributed by atoms with Crippen LogP contribution in [0.25, 0.3) is 0 Å². The van der Waals surface area contributed by atoms with Crippen molar-refractivity contribution in [2.75, 3.05) is 11.1 Å². The van der Waals surface area contributed by atoms with Crippen LogP contribution in [0.3, 0.4) is 0 Å². The van der Waals surface area contributed by atoms with Gasteiger partial charge in [0.05, 0.1) is 17.5 Å². The lowest BCUT2D eigenvalue weighted by atomic mass is 10.0. The van der Waals surface area contributed by atoms with Crippen molar-refractivity contribution in [3.63, 3.8) is 0 Å². The van der Waals surface area contributed by atoms with Gasteiger partial charge in [0.1, 0.15) is 0 Å². The van der Waals surface area contributed by atoms with Crippen LogP contribution in [0.5, 0.6) is 0 Å². The fourth-order valence-corrected chi connectivity index (χ4v) is 3.44. The first-order valence-corrected chi connectivity index (χ1v) is 8.46. The van der Waals surface area contributed by atoms with Gasteiger partial charge < -0.3 is 10.6 Å². The highest BCUT2D eigenvalue weighted by Gasteiger charge is 2.18. The number of nitrogens with one attached hydrogen (secondary N) is 2. The predicted octanol–water partition coefficient (Wildman–Crippen LogP) is 3.53. The summed E-state index contributed by atoms with van der Waals surface area (Å²) in [5.41, 5.74) is 3.51. The highest BCUT2D eigenvalue weighted by Crippen LogP contribution is 2.32. The van der Waals surface area contributed by atoms with Crippen LogP contribution < -0.4 is 10.6 Å². The van der Waals surface area contributed by atoms with Crippen LogP contribution in [0.4, 0.5) is 5.69 Å². The fraction of sp³-hybridized carbons (Fsp3) is 0.222. The summed E-state index contributed by atoms with van der Waals surface area (Å²) in [4.78, 5) is 24.9. The molecule has 0 radical (unpaired) electrons. The van der Waals surface area contributed by atoms with Crippen molar-refractivity contribution in [3.8, 4) is 0 Å². The average molecular weight is 326 g/mol. The number of carbonyl (C=O) groups excluding carboxylic acids is 2. The summed E-state index contributed by atoms with van der Waals surface area (Å²) in [6.07, 6.45) is 0. The Labute approximate surface area is 139 Å². The van der Waals surface area contributed by atoms with Crippen molar-refractivity contribution in [3.05, 3.63) is 59.2 Å². The molecule has 0 bridgehead atoms. The van der Waals surface area contributed by atoms with E-state index in [1.807, 2.05) is 44.2 Å². The summed E-state index contributed by atoms with van der Waals surface area (Å²) in [6.45, 7) is 4.00. The van der Waals surface area contributed by atoms with Crippen molar-refractivity contribution in [1.82, 2.24) is 5.32 Å². The number of anilines is 1. The van der Waals surface area contributed by atoms with Crippen LogP contribution in [0.2, 0.25) is 0 Å². The van der Waals surface area contributed by atoms with Crippen LogP contribution in [-0.2, 0) is 4.79 Å². The Kier molecular flexibility index (Phi) is 4.39. The molecule has 2 aromatic carbocycles. The third-order valence-electron chi connectivity index (χ3n) is 3.88. The number of fused-ring (bicyclic) bond motifs is 1. The molecule has 0 saturated heterocycles. The highest BCUT2D eigenvalue weighted by atomic mass is 32.2. The van der Waals surface area contributed by atoms with E-state index in [4.69, 9.17) is 0 Å². The predicted molar refractivity (Wildman–Crippen MR) is 92.9 cm³/mol. The molecule has 23 heavy (non-hydrogen) atoms. The second kappa shape index (κ2) is 6.46. The SMILES string of the molecule is Cc1ccccc1[C@H](C)NC(=O)c1ccc2c(c1)NC(=O)CS2. The molecule has 1 aliphatic rings. The van der Waals surface area contributed by atoms with E-state index in [2.05, 4.69) is 10.6 Å². The molecule has 1 heterocycles. The summed E-state index contributed by atoms with van der Waals surface area (Å²) < 4.78 is 0. The Morgan fingerprint density at radius 2 is 2.04 bits per heavy atom. The maximum Gasteiger partial charge on any atom is 0.251 e. The monoisotopic (exact) mass is 326 g/mol. The molecule has 0 spiro atoms.